The van der Waals surface area contributed by atoms with Gasteiger partial charge in [0, 0.05) is 49.4 Å². The lowest BCUT2D eigenvalue weighted by Gasteiger charge is -2.29. The van der Waals surface area contributed by atoms with Crippen molar-refractivity contribution in [1.29, 1.82) is 0 Å². The zero-order valence-electron chi connectivity index (χ0n) is 18.9. The summed E-state index contributed by atoms with van der Waals surface area (Å²) in [6.07, 6.45) is 5.41. The Morgan fingerprint density at radius 3 is 2.73 bits per heavy atom. The lowest BCUT2D eigenvalue weighted by molar-refractivity contribution is 0.0845. The standard InChI is InChI=1S/C24H31N7O2/c1-15-12-16(2-5-19(15)24(33)28-17-3-4-17)20-14-27-31-22(13-21(25)29-23(20)31)26-8-11-30-9-6-18(32)7-10-30/h2,5,12-14,17-18,26,32H,3-4,6-11H2,1H3,(H2,25,29)(H,28,33). The number of aliphatic hydroxyl groups is 1. The van der Waals surface area contributed by atoms with Crippen LogP contribution in [0.15, 0.2) is 30.5 Å². The van der Waals surface area contributed by atoms with E-state index in [9.17, 15) is 9.90 Å². The van der Waals surface area contributed by atoms with Crippen molar-refractivity contribution in [3.63, 3.8) is 0 Å². The van der Waals surface area contributed by atoms with Crippen molar-refractivity contribution >= 4 is 23.2 Å². The number of amides is 1. The number of nitrogens with one attached hydrogen (secondary N) is 2. The van der Waals surface area contributed by atoms with Crippen LogP contribution in [0.25, 0.3) is 16.8 Å². The smallest absolute Gasteiger partial charge is 0.251 e. The second-order valence-electron chi connectivity index (χ2n) is 9.14. The van der Waals surface area contributed by atoms with Crippen molar-refractivity contribution in [1.82, 2.24) is 24.8 Å². The first-order valence-corrected chi connectivity index (χ1v) is 11.7. The van der Waals surface area contributed by atoms with E-state index in [-0.39, 0.29) is 12.0 Å². The molecule has 174 valence electrons. The number of likely N-dealkylation sites (tertiary alicyclic amines) is 1. The van der Waals surface area contributed by atoms with Crippen LogP contribution in [-0.4, -0.2) is 68.8 Å². The van der Waals surface area contributed by atoms with E-state index in [4.69, 9.17) is 5.73 Å². The van der Waals surface area contributed by atoms with Crippen molar-refractivity contribution in [2.45, 2.75) is 44.8 Å². The molecule has 1 saturated carbocycles. The number of aromatic nitrogens is 3. The fourth-order valence-corrected chi connectivity index (χ4v) is 4.37. The molecule has 1 saturated heterocycles. The van der Waals surface area contributed by atoms with Gasteiger partial charge in [0.05, 0.1) is 12.3 Å². The second-order valence-corrected chi connectivity index (χ2v) is 9.14. The number of nitrogens with two attached hydrogens (primary N) is 1. The van der Waals surface area contributed by atoms with E-state index in [1.54, 1.807) is 16.8 Å². The van der Waals surface area contributed by atoms with Crippen LogP contribution in [-0.2, 0) is 0 Å². The highest BCUT2D eigenvalue weighted by Gasteiger charge is 2.24. The van der Waals surface area contributed by atoms with Gasteiger partial charge < -0.3 is 26.4 Å². The number of aliphatic hydroxyl groups excluding tert-OH is 1. The van der Waals surface area contributed by atoms with Gasteiger partial charge in [-0.25, -0.2) is 4.98 Å². The predicted molar refractivity (Wildman–Crippen MR) is 128 cm³/mol. The Balaban J connectivity index is 1.34. The van der Waals surface area contributed by atoms with Crippen LogP contribution in [0.5, 0.6) is 0 Å². The average molecular weight is 450 g/mol. The van der Waals surface area contributed by atoms with Crippen LogP contribution >= 0.6 is 0 Å². The molecule has 2 aliphatic rings. The summed E-state index contributed by atoms with van der Waals surface area (Å²) in [6.45, 7) is 5.40. The van der Waals surface area contributed by atoms with Gasteiger partial charge >= 0.3 is 0 Å². The summed E-state index contributed by atoms with van der Waals surface area (Å²) < 4.78 is 1.77. The Morgan fingerprint density at radius 1 is 1.21 bits per heavy atom. The minimum atomic E-state index is -0.165. The Bertz CT molecular complexity index is 1160. The van der Waals surface area contributed by atoms with Gasteiger partial charge in [0.25, 0.3) is 5.91 Å². The van der Waals surface area contributed by atoms with Gasteiger partial charge in [-0.05, 0) is 49.8 Å². The lowest BCUT2D eigenvalue weighted by Crippen LogP contribution is -2.38. The Morgan fingerprint density at radius 2 is 2.00 bits per heavy atom. The molecule has 5 rings (SSSR count). The molecule has 0 bridgehead atoms. The minimum absolute atomic E-state index is 0.0153. The van der Waals surface area contributed by atoms with Crippen molar-refractivity contribution in [3.8, 4) is 11.1 Å². The van der Waals surface area contributed by atoms with Gasteiger partial charge in [-0.2, -0.15) is 9.61 Å². The number of anilines is 2. The molecule has 5 N–H and O–H groups in total. The molecule has 1 amide bonds. The SMILES string of the molecule is Cc1cc(-c2cnn3c(NCCN4CCC(O)CC4)cc(N)nc23)ccc1C(=O)NC1CC1. The van der Waals surface area contributed by atoms with Gasteiger partial charge in [0.2, 0.25) is 0 Å². The Kier molecular flexibility index (Phi) is 5.90. The number of carbonyl (C=O) groups excluding carboxylic acids is 1. The zero-order valence-corrected chi connectivity index (χ0v) is 18.9. The molecule has 9 nitrogen and oxygen atoms in total. The normalized spacial score (nSPS) is 17.4. The summed E-state index contributed by atoms with van der Waals surface area (Å²) in [5.41, 5.74) is 10.2. The Labute approximate surface area is 193 Å². The molecule has 0 atom stereocenters. The van der Waals surface area contributed by atoms with E-state index in [0.717, 1.165) is 74.4 Å². The summed E-state index contributed by atoms with van der Waals surface area (Å²) in [4.78, 5) is 19.3. The first kappa shape index (κ1) is 21.7. The Hall–Kier alpha value is -3.17. The molecule has 1 aliphatic carbocycles. The van der Waals surface area contributed by atoms with Gasteiger partial charge in [0.15, 0.2) is 5.65 Å². The first-order valence-electron chi connectivity index (χ1n) is 11.7. The number of aryl methyl sites for hydroxylation is 1. The number of hydrogen-bond donors (Lipinski definition) is 4. The molecule has 0 unspecified atom stereocenters. The van der Waals surface area contributed by atoms with Crippen molar-refractivity contribution < 1.29 is 9.90 Å². The summed E-state index contributed by atoms with van der Waals surface area (Å²) in [6, 6.07) is 7.93. The van der Waals surface area contributed by atoms with E-state index >= 15 is 0 Å². The van der Waals surface area contributed by atoms with Crippen molar-refractivity contribution in [2.75, 3.05) is 37.2 Å². The monoisotopic (exact) mass is 449 g/mol. The van der Waals surface area contributed by atoms with Crippen molar-refractivity contribution in [2.24, 2.45) is 0 Å². The average Bonchev–Trinajstić information content (AvgIpc) is 3.50. The number of nitrogen functional groups attached to an aromatic ring is 1. The van der Waals surface area contributed by atoms with E-state index in [1.165, 1.54) is 0 Å². The second kappa shape index (κ2) is 8.99. The molecule has 9 heteroatoms. The predicted octanol–water partition coefficient (Wildman–Crippen LogP) is 2.05. The highest BCUT2D eigenvalue weighted by Crippen LogP contribution is 2.28. The quantitative estimate of drug-likeness (QED) is 0.436. The maximum Gasteiger partial charge on any atom is 0.251 e. The molecule has 0 radical (unpaired) electrons. The van der Waals surface area contributed by atoms with Crippen LogP contribution < -0.4 is 16.4 Å². The fourth-order valence-electron chi connectivity index (χ4n) is 4.37. The van der Waals surface area contributed by atoms with E-state index < -0.39 is 0 Å². The third-order valence-corrected chi connectivity index (χ3v) is 6.48. The van der Waals surface area contributed by atoms with Crippen LogP contribution in [0.3, 0.4) is 0 Å². The fraction of sp³-hybridized carbons (Fsp3) is 0.458. The van der Waals surface area contributed by atoms with E-state index in [1.807, 2.05) is 25.1 Å². The molecule has 3 heterocycles. The number of benzene rings is 1. The molecule has 1 aromatic carbocycles. The summed E-state index contributed by atoms with van der Waals surface area (Å²) in [5.74, 6) is 1.20. The molecule has 1 aliphatic heterocycles. The minimum Gasteiger partial charge on any atom is -0.393 e. The van der Waals surface area contributed by atoms with Crippen LogP contribution in [0.1, 0.15) is 41.6 Å². The topological polar surface area (TPSA) is 121 Å². The summed E-state index contributed by atoms with van der Waals surface area (Å²) in [5, 5.41) is 20.7. The van der Waals surface area contributed by atoms with Gasteiger partial charge in [-0.3, -0.25) is 4.79 Å². The van der Waals surface area contributed by atoms with Crippen LogP contribution in [0, 0.1) is 6.92 Å². The lowest BCUT2D eigenvalue weighted by atomic mass is 10.0. The molecule has 2 fully saturated rings. The van der Waals surface area contributed by atoms with Gasteiger partial charge in [0.1, 0.15) is 11.6 Å². The molecule has 3 aromatic rings. The number of carbonyl (C=O) groups is 1. The zero-order chi connectivity index (χ0) is 22.9. The number of nitrogens with zero attached hydrogens (tertiary/aromatic N) is 4. The molecular weight excluding hydrogens is 418 g/mol. The summed E-state index contributed by atoms with van der Waals surface area (Å²) in [7, 11) is 0. The van der Waals surface area contributed by atoms with E-state index in [0.29, 0.717) is 23.1 Å². The molecular formula is C24H31N7O2. The molecule has 33 heavy (non-hydrogen) atoms. The van der Waals surface area contributed by atoms with Crippen molar-refractivity contribution in [3.05, 3.63) is 41.6 Å². The van der Waals surface area contributed by atoms with Crippen LogP contribution in [0.4, 0.5) is 11.6 Å². The number of hydrogen-bond acceptors (Lipinski definition) is 7. The van der Waals surface area contributed by atoms with E-state index in [2.05, 4.69) is 25.6 Å². The number of piperidine rings is 1. The molecule has 0 spiro atoms. The largest absolute Gasteiger partial charge is 0.393 e. The maximum atomic E-state index is 12.5. The van der Waals surface area contributed by atoms with Gasteiger partial charge in [-0.1, -0.05) is 12.1 Å². The molecule has 2 aromatic heterocycles. The summed E-state index contributed by atoms with van der Waals surface area (Å²) >= 11 is 0. The third-order valence-electron chi connectivity index (χ3n) is 6.48. The van der Waals surface area contributed by atoms with Gasteiger partial charge in [-0.15, -0.1) is 0 Å². The van der Waals surface area contributed by atoms with Crippen LogP contribution in [0.2, 0.25) is 0 Å². The highest BCUT2D eigenvalue weighted by atomic mass is 16.3. The number of fused-ring (bicyclic) bond motifs is 1. The third kappa shape index (κ3) is 4.79. The highest BCUT2D eigenvalue weighted by molar-refractivity contribution is 5.97. The first-order chi connectivity index (χ1) is 16.0. The maximum absolute atomic E-state index is 12.5. The number of rotatable bonds is 7.